The summed E-state index contributed by atoms with van der Waals surface area (Å²) in [6.45, 7) is 1.44. The lowest BCUT2D eigenvalue weighted by Gasteiger charge is -2.07. The van der Waals surface area contributed by atoms with Crippen LogP contribution in [0, 0.1) is 0 Å². The number of hydrogen-bond donors (Lipinski definition) is 2. The molecule has 0 amide bonds. The molecule has 0 atom stereocenters. The number of aromatic nitrogens is 2. The summed E-state index contributed by atoms with van der Waals surface area (Å²) in [7, 11) is 0. The van der Waals surface area contributed by atoms with E-state index in [1.165, 1.54) is 0 Å². The second-order valence-corrected chi connectivity index (χ2v) is 3.58. The van der Waals surface area contributed by atoms with Crippen LogP contribution in [0.4, 0.5) is 5.69 Å². The fourth-order valence-electron chi connectivity index (χ4n) is 1.51. The number of rotatable bonds is 5. The Bertz CT molecular complexity index is 494. The van der Waals surface area contributed by atoms with Gasteiger partial charge in [0.1, 0.15) is 0 Å². The van der Waals surface area contributed by atoms with Crippen LogP contribution in [-0.2, 0) is 6.54 Å². The monoisotopic (exact) mass is 231 g/mol. The number of anilines is 1. The zero-order chi connectivity index (χ0) is 12.1. The first-order chi connectivity index (χ1) is 8.25. The maximum atomic E-state index is 10.8. The fraction of sp³-hybridized carbons (Fsp3) is 0.167. The number of nitrogens with one attached hydrogen (secondary N) is 1. The smallest absolute Gasteiger partial charge is 0.335 e. The molecule has 0 radical (unpaired) electrons. The highest BCUT2D eigenvalue weighted by Gasteiger charge is 2.02. The summed E-state index contributed by atoms with van der Waals surface area (Å²) < 4.78 is 1.81. The van der Waals surface area contributed by atoms with Crippen molar-refractivity contribution in [3.8, 4) is 0 Å². The van der Waals surface area contributed by atoms with Gasteiger partial charge in [0.15, 0.2) is 0 Å². The van der Waals surface area contributed by atoms with Crippen molar-refractivity contribution in [3.63, 3.8) is 0 Å². The van der Waals surface area contributed by atoms with E-state index >= 15 is 0 Å². The Hall–Kier alpha value is -2.30. The number of carboxylic acid groups (broad SMARTS) is 1. The van der Waals surface area contributed by atoms with Crippen LogP contribution in [0.3, 0.4) is 0 Å². The van der Waals surface area contributed by atoms with Crippen LogP contribution >= 0.6 is 0 Å². The Morgan fingerprint density at radius 1 is 1.41 bits per heavy atom. The second-order valence-electron chi connectivity index (χ2n) is 3.58. The zero-order valence-corrected chi connectivity index (χ0v) is 9.21. The van der Waals surface area contributed by atoms with Gasteiger partial charge in [0.05, 0.1) is 12.1 Å². The lowest BCUT2D eigenvalue weighted by molar-refractivity contribution is 0.0697. The predicted molar refractivity (Wildman–Crippen MR) is 64.1 cm³/mol. The van der Waals surface area contributed by atoms with Crippen molar-refractivity contribution in [2.24, 2.45) is 0 Å². The molecule has 1 aromatic heterocycles. The van der Waals surface area contributed by atoms with Gasteiger partial charge in [-0.2, -0.15) is 5.10 Å². The van der Waals surface area contributed by atoms with Crippen molar-refractivity contribution in [2.45, 2.75) is 6.54 Å². The van der Waals surface area contributed by atoms with Gasteiger partial charge in [-0.3, -0.25) is 4.68 Å². The number of hydrogen-bond acceptors (Lipinski definition) is 3. The van der Waals surface area contributed by atoms with Gasteiger partial charge in [-0.15, -0.1) is 0 Å². The van der Waals surface area contributed by atoms with Crippen molar-refractivity contribution in [1.82, 2.24) is 9.78 Å². The zero-order valence-electron chi connectivity index (χ0n) is 9.21. The molecule has 2 rings (SSSR count). The first-order valence-electron chi connectivity index (χ1n) is 5.30. The lowest BCUT2D eigenvalue weighted by Crippen LogP contribution is -2.11. The van der Waals surface area contributed by atoms with Crippen molar-refractivity contribution in [1.29, 1.82) is 0 Å². The van der Waals surface area contributed by atoms with E-state index in [1.54, 1.807) is 24.4 Å². The summed E-state index contributed by atoms with van der Waals surface area (Å²) in [5.74, 6) is -0.916. The lowest BCUT2D eigenvalue weighted by atomic mass is 10.2. The highest BCUT2D eigenvalue weighted by molar-refractivity contribution is 5.88. The molecule has 17 heavy (non-hydrogen) atoms. The van der Waals surface area contributed by atoms with Gasteiger partial charge in [0.25, 0.3) is 0 Å². The van der Waals surface area contributed by atoms with E-state index in [0.717, 1.165) is 12.2 Å². The highest BCUT2D eigenvalue weighted by Crippen LogP contribution is 2.10. The molecule has 0 fully saturated rings. The van der Waals surface area contributed by atoms with E-state index in [-0.39, 0.29) is 5.56 Å². The van der Waals surface area contributed by atoms with E-state index in [9.17, 15) is 4.79 Å². The van der Waals surface area contributed by atoms with Crippen LogP contribution in [0.1, 0.15) is 10.4 Å². The van der Waals surface area contributed by atoms with Crippen LogP contribution in [0.5, 0.6) is 0 Å². The summed E-state index contributed by atoms with van der Waals surface area (Å²) >= 11 is 0. The molecule has 0 saturated carbocycles. The van der Waals surface area contributed by atoms with Crippen LogP contribution in [-0.4, -0.2) is 27.4 Å². The Kier molecular flexibility index (Phi) is 3.40. The molecule has 0 saturated heterocycles. The first kappa shape index (κ1) is 11.2. The standard InChI is InChI=1S/C12H13N3O2/c16-12(17)10-3-1-4-11(9-10)13-6-8-15-7-2-5-14-15/h1-5,7,9,13H,6,8H2,(H,16,17). The quantitative estimate of drug-likeness (QED) is 0.821. The van der Waals surface area contributed by atoms with E-state index in [1.807, 2.05) is 23.0 Å². The molecule has 0 unspecified atom stereocenters. The number of nitrogens with zero attached hydrogens (tertiary/aromatic N) is 2. The molecule has 2 aromatic rings. The molecule has 5 nitrogen and oxygen atoms in total. The highest BCUT2D eigenvalue weighted by atomic mass is 16.4. The Morgan fingerprint density at radius 2 is 2.29 bits per heavy atom. The maximum absolute atomic E-state index is 10.8. The van der Waals surface area contributed by atoms with Gasteiger partial charge in [0.2, 0.25) is 0 Å². The molecular formula is C12H13N3O2. The number of benzene rings is 1. The van der Waals surface area contributed by atoms with Crippen LogP contribution < -0.4 is 5.32 Å². The fourth-order valence-corrected chi connectivity index (χ4v) is 1.51. The SMILES string of the molecule is O=C(O)c1cccc(NCCn2cccn2)c1. The minimum atomic E-state index is -0.916. The maximum Gasteiger partial charge on any atom is 0.335 e. The van der Waals surface area contributed by atoms with E-state index < -0.39 is 5.97 Å². The van der Waals surface area contributed by atoms with Gasteiger partial charge in [-0.1, -0.05) is 6.07 Å². The van der Waals surface area contributed by atoms with Gasteiger partial charge in [0, 0.05) is 24.6 Å². The number of carbonyl (C=O) groups is 1. The molecular weight excluding hydrogens is 218 g/mol. The second kappa shape index (κ2) is 5.16. The molecule has 1 aromatic carbocycles. The van der Waals surface area contributed by atoms with Crippen molar-refractivity contribution in [3.05, 3.63) is 48.3 Å². The molecule has 0 aliphatic rings. The van der Waals surface area contributed by atoms with Crippen molar-refractivity contribution in [2.75, 3.05) is 11.9 Å². The first-order valence-corrected chi connectivity index (χ1v) is 5.30. The summed E-state index contributed by atoms with van der Waals surface area (Å²) in [5, 5.41) is 16.1. The Morgan fingerprint density at radius 3 is 3.00 bits per heavy atom. The molecule has 2 N–H and O–H groups in total. The molecule has 5 heteroatoms. The Balaban J connectivity index is 1.90. The third-order valence-corrected chi connectivity index (χ3v) is 2.34. The topological polar surface area (TPSA) is 67.2 Å². The summed E-state index contributed by atoms with van der Waals surface area (Å²) in [6.07, 6.45) is 3.61. The van der Waals surface area contributed by atoms with Crippen LogP contribution in [0.2, 0.25) is 0 Å². The van der Waals surface area contributed by atoms with Gasteiger partial charge in [-0.05, 0) is 24.3 Å². The summed E-state index contributed by atoms with van der Waals surface area (Å²) in [4.78, 5) is 10.8. The summed E-state index contributed by atoms with van der Waals surface area (Å²) in [6, 6.07) is 8.62. The van der Waals surface area contributed by atoms with E-state index in [4.69, 9.17) is 5.11 Å². The van der Waals surface area contributed by atoms with Crippen molar-refractivity contribution >= 4 is 11.7 Å². The van der Waals surface area contributed by atoms with Crippen LogP contribution in [0.15, 0.2) is 42.7 Å². The average molecular weight is 231 g/mol. The summed E-state index contributed by atoms with van der Waals surface area (Å²) in [5.41, 5.74) is 1.09. The molecule has 0 spiro atoms. The van der Waals surface area contributed by atoms with Crippen LogP contribution in [0.25, 0.3) is 0 Å². The van der Waals surface area contributed by atoms with Gasteiger partial charge >= 0.3 is 5.97 Å². The van der Waals surface area contributed by atoms with E-state index in [2.05, 4.69) is 10.4 Å². The molecule has 1 heterocycles. The Labute approximate surface area is 98.7 Å². The minimum Gasteiger partial charge on any atom is -0.478 e. The largest absolute Gasteiger partial charge is 0.478 e. The number of aromatic carboxylic acids is 1. The normalized spacial score (nSPS) is 10.1. The van der Waals surface area contributed by atoms with Gasteiger partial charge in [-0.25, -0.2) is 4.79 Å². The van der Waals surface area contributed by atoms with Crippen molar-refractivity contribution < 1.29 is 9.90 Å². The number of carboxylic acids is 1. The molecule has 0 aliphatic carbocycles. The predicted octanol–water partition coefficient (Wildman–Crippen LogP) is 1.69. The third kappa shape index (κ3) is 3.07. The van der Waals surface area contributed by atoms with E-state index in [0.29, 0.717) is 6.54 Å². The average Bonchev–Trinajstić information content (AvgIpc) is 2.82. The molecule has 88 valence electrons. The molecule has 0 aliphatic heterocycles. The minimum absolute atomic E-state index is 0.286. The molecule has 0 bridgehead atoms. The van der Waals surface area contributed by atoms with Gasteiger partial charge < -0.3 is 10.4 Å². The third-order valence-electron chi connectivity index (χ3n) is 2.34.